The van der Waals surface area contributed by atoms with Gasteiger partial charge in [0.15, 0.2) is 51.0 Å². The van der Waals surface area contributed by atoms with E-state index in [0.29, 0.717) is 89.9 Å². The fraction of sp³-hybridized carbons (Fsp3) is 0.167. The minimum absolute atomic E-state index is 0. The van der Waals surface area contributed by atoms with Gasteiger partial charge in [-0.3, -0.25) is 0 Å². The third kappa shape index (κ3) is 7.94. The van der Waals surface area contributed by atoms with Crippen LogP contribution in [0.3, 0.4) is 0 Å². The molecule has 13 heteroatoms. The van der Waals surface area contributed by atoms with Crippen LogP contribution in [0, 0.1) is 0 Å². The maximum absolute atomic E-state index is 14.1. The Morgan fingerprint density at radius 3 is 0.836 bits per heavy atom. The van der Waals surface area contributed by atoms with Crippen molar-refractivity contribution in [2.45, 2.75) is 26.2 Å². The summed E-state index contributed by atoms with van der Waals surface area (Å²) >= 11 is 0. The second-order valence-corrected chi connectivity index (χ2v) is 14.2. The van der Waals surface area contributed by atoms with E-state index in [2.05, 4.69) is 0 Å². The number of alkyl halides is 4. The molecule has 0 saturated carbocycles. The summed E-state index contributed by atoms with van der Waals surface area (Å²) in [4.78, 5) is 21.1. The molecule has 2 aliphatic heterocycles. The summed E-state index contributed by atoms with van der Waals surface area (Å²) in [6.07, 6.45) is 15.0. The molecular weight excluding hydrogens is 820 g/mol. The van der Waals surface area contributed by atoms with Crippen LogP contribution in [0.15, 0.2) is 122 Å². The van der Waals surface area contributed by atoms with Crippen molar-refractivity contribution in [3.8, 4) is 45.0 Å². The van der Waals surface area contributed by atoms with Gasteiger partial charge in [-0.05, 0) is 48.6 Å². The number of hydrogen-bond acceptors (Lipinski definition) is 2. The molecule has 0 aromatic carbocycles. The van der Waals surface area contributed by atoms with Gasteiger partial charge in [0, 0.05) is 48.5 Å². The maximum Gasteiger partial charge on any atom is 2.00 e. The van der Waals surface area contributed by atoms with E-state index in [9.17, 15) is 17.6 Å². The van der Waals surface area contributed by atoms with E-state index in [4.69, 9.17) is 19.9 Å². The molecule has 8 bridgehead atoms. The summed E-state index contributed by atoms with van der Waals surface area (Å²) in [6, 6.07) is 30.4. The van der Waals surface area contributed by atoms with Crippen molar-refractivity contribution >= 4 is 46.4 Å². The van der Waals surface area contributed by atoms with E-state index < -0.39 is 26.7 Å². The molecule has 1 radical (unpaired) electrons. The van der Waals surface area contributed by atoms with E-state index in [1.165, 1.54) is 0 Å². The maximum atomic E-state index is 14.1. The molecule has 8 nitrogen and oxygen atoms in total. The Balaban J connectivity index is 0.00000514. The van der Waals surface area contributed by atoms with Crippen LogP contribution in [0.1, 0.15) is 22.8 Å². The molecule has 0 N–H and O–H groups in total. The molecule has 0 saturated heterocycles. The number of nitrogens with zero attached hydrogens (tertiary/aromatic N) is 8. The van der Waals surface area contributed by atoms with Crippen LogP contribution in [-0.4, -0.2) is 36.7 Å². The molecule has 303 valence electrons. The largest absolute Gasteiger partial charge is 2.00 e. The third-order valence-electron chi connectivity index (χ3n) is 10.7. The van der Waals surface area contributed by atoms with Crippen molar-refractivity contribution in [2.75, 3.05) is 26.7 Å². The van der Waals surface area contributed by atoms with Crippen LogP contribution in [0.4, 0.5) is 17.6 Å². The summed E-state index contributed by atoms with van der Waals surface area (Å²) in [5.41, 5.74) is 10.2. The van der Waals surface area contributed by atoms with Crippen LogP contribution in [-0.2, 0) is 43.2 Å². The van der Waals surface area contributed by atoms with Crippen molar-refractivity contribution in [2.24, 2.45) is 0 Å². The fourth-order valence-electron chi connectivity index (χ4n) is 8.09. The molecular formula is C48H40F4MnN8+4. The number of pyridine rings is 4. The molecule has 9 heterocycles. The van der Waals surface area contributed by atoms with E-state index in [0.717, 1.165) is 0 Å². The topological polar surface area (TPSA) is 69.5 Å². The molecule has 61 heavy (non-hydrogen) atoms. The molecule has 0 amide bonds. The quantitative estimate of drug-likeness (QED) is 0.0722. The van der Waals surface area contributed by atoms with Gasteiger partial charge in [0.2, 0.25) is 22.8 Å². The van der Waals surface area contributed by atoms with Gasteiger partial charge in [0.05, 0.1) is 45.0 Å². The monoisotopic (exact) mass is 859 g/mol. The predicted molar refractivity (Wildman–Crippen MR) is 223 cm³/mol. The Hall–Kier alpha value is -6.56. The standard InChI is InChI=1S/C48H40F4N8.Mn/c49-21-29-57-25-5-1-9-41(57)45-33-13-15-35(53-33)46(42-10-2-6-26-58(42)30-22-50)37-17-19-39(55-37)48(44-12-4-8-28-60(44)32-24-52)40-20-18-38(56-40)47(36-16-14-34(45)54-36)43-11-3-7-27-59(43)31-23-51;/h1-20,25-28H,21-24,29-32H2;/q2*+2. The van der Waals surface area contributed by atoms with Crippen LogP contribution in [0.25, 0.3) is 91.4 Å². The first-order valence-electron chi connectivity index (χ1n) is 19.8. The first kappa shape index (κ1) is 41.2. The van der Waals surface area contributed by atoms with Gasteiger partial charge in [0.1, 0.15) is 26.7 Å². The third-order valence-corrected chi connectivity index (χ3v) is 10.7. The minimum atomic E-state index is -0.582. The van der Waals surface area contributed by atoms with Gasteiger partial charge in [-0.15, -0.1) is 22.1 Å². The normalized spacial score (nSPS) is 11.9. The van der Waals surface area contributed by atoms with Crippen molar-refractivity contribution in [3.05, 3.63) is 145 Å². The van der Waals surface area contributed by atoms with Crippen molar-refractivity contribution < 1.29 is 52.9 Å². The second-order valence-electron chi connectivity index (χ2n) is 14.2. The molecule has 0 aliphatic carbocycles. The molecule has 0 fully saturated rings. The molecule has 7 aromatic heterocycles. The van der Waals surface area contributed by atoms with E-state index in [1.807, 2.05) is 164 Å². The molecule has 0 atom stereocenters. The van der Waals surface area contributed by atoms with Crippen molar-refractivity contribution in [1.82, 2.24) is 19.9 Å². The molecule has 9 rings (SSSR count). The zero-order valence-corrected chi connectivity index (χ0v) is 34.2. The SMILES string of the molecule is FCC[n+]1ccccc1-c1c2nc(c(-c3cccc[n+]3CCF)c3ccc([n-]3)c(-c3cccc[n+]3CCF)c3nc(c(-c4cccc[n+]4CCF)c4ccc1[n-]4)C=C3)C=C2.[Mn+2]. The number of fused-ring (bicyclic) bond motifs is 8. The molecule has 0 spiro atoms. The summed E-state index contributed by atoms with van der Waals surface area (Å²) in [5, 5.41) is 0. The Kier molecular flexibility index (Phi) is 12.4. The number of aromatic nitrogens is 8. The van der Waals surface area contributed by atoms with Crippen LogP contribution < -0.4 is 28.2 Å². The molecule has 7 aromatic rings. The van der Waals surface area contributed by atoms with Gasteiger partial charge in [-0.1, -0.05) is 24.3 Å². The summed E-state index contributed by atoms with van der Waals surface area (Å²) in [5.74, 6) is 0. The number of aryl methyl sites for hydroxylation is 4. The average molecular weight is 860 g/mol. The Morgan fingerprint density at radius 2 is 0.607 bits per heavy atom. The van der Waals surface area contributed by atoms with Gasteiger partial charge < -0.3 is 9.97 Å². The Labute approximate surface area is 360 Å². The van der Waals surface area contributed by atoms with E-state index in [-0.39, 0.29) is 43.2 Å². The Morgan fingerprint density at radius 1 is 0.361 bits per heavy atom. The van der Waals surface area contributed by atoms with Gasteiger partial charge >= 0.3 is 17.1 Å². The van der Waals surface area contributed by atoms with Crippen LogP contribution in [0.2, 0.25) is 0 Å². The number of halogens is 4. The van der Waals surface area contributed by atoms with Crippen LogP contribution >= 0.6 is 0 Å². The Bertz CT molecular complexity index is 2590. The number of hydrogen-bond donors (Lipinski definition) is 0. The minimum Gasteiger partial charge on any atom is -0.656 e. The first-order chi connectivity index (χ1) is 29.6. The summed E-state index contributed by atoms with van der Waals surface area (Å²) < 4.78 is 63.8. The van der Waals surface area contributed by atoms with Crippen molar-refractivity contribution in [3.63, 3.8) is 0 Å². The average Bonchev–Trinajstić information content (AvgIpc) is 4.12. The number of rotatable bonds is 12. The van der Waals surface area contributed by atoms with Gasteiger partial charge in [-0.25, -0.2) is 27.5 Å². The second kappa shape index (κ2) is 18.4. The smallest absolute Gasteiger partial charge is 0.656 e. The van der Waals surface area contributed by atoms with Crippen molar-refractivity contribution in [1.29, 1.82) is 0 Å². The predicted octanol–water partition coefficient (Wildman–Crippen LogP) is 7.61. The van der Waals surface area contributed by atoms with E-state index in [1.54, 1.807) is 0 Å². The zero-order valence-electron chi connectivity index (χ0n) is 33.0. The van der Waals surface area contributed by atoms with Gasteiger partial charge in [-0.2, -0.15) is 18.3 Å². The zero-order chi connectivity index (χ0) is 41.0. The first-order valence-corrected chi connectivity index (χ1v) is 19.8. The van der Waals surface area contributed by atoms with Gasteiger partial charge in [0.25, 0.3) is 0 Å². The van der Waals surface area contributed by atoms with Crippen LogP contribution in [0.5, 0.6) is 0 Å². The van der Waals surface area contributed by atoms with E-state index >= 15 is 0 Å². The summed E-state index contributed by atoms with van der Waals surface area (Å²) in [6.45, 7) is -1.88. The summed E-state index contributed by atoms with van der Waals surface area (Å²) in [7, 11) is 0. The molecule has 2 aliphatic rings. The molecule has 0 unspecified atom stereocenters. The fourth-order valence-corrected chi connectivity index (χ4v) is 8.09.